The second-order valence-electron chi connectivity index (χ2n) is 6.57. The van der Waals surface area contributed by atoms with E-state index in [0.717, 1.165) is 32.6 Å². The van der Waals surface area contributed by atoms with Gasteiger partial charge in [-0.25, -0.2) is 0 Å². The lowest BCUT2D eigenvalue weighted by molar-refractivity contribution is -0.141. The van der Waals surface area contributed by atoms with Crippen molar-refractivity contribution < 1.29 is 9.53 Å². The Bertz CT molecular complexity index is 516. The molecule has 1 aromatic rings. The molecule has 2 atom stereocenters. The maximum absolute atomic E-state index is 12.8. The molecule has 1 spiro atoms. The minimum Gasteiger partial charge on any atom is -0.370 e. The second-order valence-corrected chi connectivity index (χ2v) is 7.35. The van der Waals surface area contributed by atoms with Crippen molar-refractivity contribution in [3.8, 4) is 0 Å². The van der Waals surface area contributed by atoms with Gasteiger partial charge in [0.15, 0.2) is 0 Å². The number of nitrogens with one attached hydrogen (secondary N) is 1. The smallest absolute Gasteiger partial charge is 0.226 e. The highest BCUT2D eigenvalue weighted by molar-refractivity contribution is 7.07. The molecule has 0 aromatic carbocycles. The first-order valence-corrected chi connectivity index (χ1v) is 8.86. The minimum atomic E-state index is 0. The normalized spacial score (nSPS) is 29.9. The Labute approximate surface area is 141 Å². The van der Waals surface area contributed by atoms with E-state index in [1.54, 1.807) is 11.3 Å². The molecule has 122 valence electrons. The Morgan fingerprint density at radius 2 is 2.23 bits per heavy atom. The lowest BCUT2D eigenvalue weighted by atomic mass is 9.91. The fourth-order valence-electron chi connectivity index (χ4n) is 3.90. The molecule has 1 amide bonds. The second kappa shape index (κ2) is 6.48. The van der Waals surface area contributed by atoms with Crippen LogP contribution in [0, 0.1) is 11.3 Å². The van der Waals surface area contributed by atoms with E-state index in [-0.39, 0.29) is 24.4 Å². The molecular formula is C16H23ClN2O2S. The minimum absolute atomic E-state index is 0. The van der Waals surface area contributed by atoms with E-state index in [4.69, 9.17) is 4.74 Å². The number of halogens is 1. The van der Waals surface area contributed by atoms with Gasteiger partial charge in [0.05, 0.1) is 13.2 Å². The van der Waals surface area contributed by atoms with Crippen LogP contribution in [0.2, 0.25) is 0 Å². The Morgan fingerprint density at radius 3 is 2.95 bits per heavy atom. The summed E-state index contributed by atoms with van der Waals surface area (Å²) in [7, 11) is 0. The Kier molecular flexibility index (Phi) is 4.78. The highest BCUT2D eigenvalue weighted by Gasteiger charge is 2.58. The molecule has 0 bridgehead atoms. The maximum Gasteiger partial charge on any atom is 0.226 e. The molecule has 3 fully saturated rings. The molecule has 6 heteroatoms. The van der Waals surface area contributed by atoms with Crippen LogP contribution in [-0.2, 0) is 9.53 Å². The SMILES string of the molecule is Cl.O=C(C1CC12CCNCC2)N1CCOC(c2ccsc2)C1. The number of carbonyl (C=O) groups excluding carboxylic acids is 1. The third kappa shape index (κ3) is 2.92. The van der Waals surface area contributed by atoms with Gasteiger partial charge in [-0.2, -0.15) is 11.3 Å². The van der Waals surface area contributed by atoms with Crippen molar-refractivity contribution in [1.82, 2.24) is 10.2 Å². The zero-order valence-corrected chi connectivity index (χ0v) is 14.3. The summed E-state index contributed by atoms with van der Waals surface area (Å²) in [5, 5.41) is 7.60. The largest absolute Gasteiger partial charge is 0.370 e. The summed E-state index contributed by atoms with van der Waals surface area (Å²) in [5.41, 5.74) is 1.54. The summed E-state index contributed by atoms with van der Waals surface area (Å²) < 4.78 is 5.84. The van der Waals surface area contributed by atoms with Gasteiger partial charge in [0.25, 0.3) is 0 Å². The topological polar surface area (TPSA) is 41.6 Å². The van der Waals surface area contributed by atoms with Gasteiger partial charge in [-0.3, -0.25) is 4.79 Å². The Balaban J connectivity index is 0.00000144. The lowest BCUT2D eigenvalue weighted by Gasteiger charge is -2.34. The number of hydrogen-bond acceptors (Lipinski definition) is 4. The summed E-state index contributed by atoms with van der Waals surface area (Å²) >= 11 is 1.69. The average Bonchev–Trinajstić information content (AvgIpc) is 2.99. The molecule has 1 saturated carbocycles. The number of amides is 1. The third-order valence-electron chi connectivity index (χ3n) is 5.38. The van der Waals surface area contributed by atoms with E-state index in [0.29, 0.717) is 17.9 Å². The van der Waals surface area contributed by atoms with Crippen molar-refractivity contribution in [2.45, 2.75) is 25.4 Å². The molecule has 4 rings (SSSR count). The number of morpholine rings is 1. The number of piperidine rings is 1. The van der Waals surface area contributed by atoms with E-state index in [2.05, 4.69) is 22.1 Å². The Morgan fingerprint density at radius 1 is 1.41 bits per heavy atom. The van der Waals surface area contributed by atoms with Crippen molar-refractivity contribution in [2.75, 3.05) is 32.8 Å². The summed E-state index contributed by atoms with van der Waals surface area (Å²) in [5.74, 6) is 0.654. The van der Waals surface area contributed by atoms with Gasteiger partial charge in [-0.05, 0) is 60.2 Å². The van der Waals surface area contributed by atoms with Crippen LogP contribution in [0.1, 0.15) is 30.9 Å². The monoisotopic (exact) mass is 342 g/mol. The number of thiophene rings is 1. The van der Waals surface area contributed by atoms with Crippen molar-refractivity contribution in [3.05, 3.63) is 22.4 Å². The van der Waals surface area contributed by atoms with E-state index in [1.807, 2.05) is 4.90 Å². The van der Waals surface area contributed by atoms with Gasteiger partial charge in [0, 0.05) is 12.5 Å². The van der Waals surface area contributed by atoms with Crippen LogP contribution in [0.4, 0.5) is 0 Å². The molecule has 2 saturated heterocycles. The molecule has 0 radical (unpaired) electrons. The van der Waals surface area contributed by atoms with Crippen LogP contribution < -0.4 is 5.32 Å². The fourth-order valence-corrected chi connectivity index (χ4v) is 4.61. The van der Waals surface area contributed by atoms with Crippen LogP contribution in [-0.4, -0.2) is 43.6 Å². The lowest BCUT2D eigenvalue weighted by Crippen LogP contribution is -2.44. The van der Waals surface area contributed by atoms with Gasteiger partial charge in [-0.15, -0.1) is 12.4 Å². The first-order chi connectivity index (χ1) is 10.3. The van der Waals surface area contributed by atoms with Gasteiger partial charge < -0.3 is 15.0 Å². The van der Waals surface area contributed by atoms with Crippen molar-refractivity contribution >= 4 is 29.7 Å². The van der Waals surface area contributed by atoms with Crippen LogP contribution >= 0.6 is 23.7 Å². The average molecular weight is 343 g/mol. The number of hydrogen-bond donors (Lipinski definition) is 1. The van der Waals surface area contributed by atoms with Crippen molar-refractivity contribution in [1.29, 1.82) is 0 Å². The van der Waals surface area contributed by atoms with Gasteiger partial charge in [-0.1, -0.05) is 0 Å². The van der Waals surface area contributed by atoms with E-state index < -0.39 is 0 Å². The predicted molar refractivity (Wildman–Crippen MR) is 89.5 cm³/mol. The highest BCUT2D eigenvalue weighted by Crippen LogP contribution is 2.59. The zero-order chi connectivity index (χ0) is 14.3. The van der Waals surface area contributed by atoms with E-state index in [9.17, 15) is 4.79 Å². The van der Waals surface area contributed by atoms with Crippen molar-refractivity contribution in [3.63, 3.8) is 0 Å². The number of carbonyl (C=O) groups is 1. The molecule has 4 nitrogen and oxygen atoms in total. The molecule has 2 aliphatic heterocycles. The number of ether oxygens (including phenoxy) is 1. The molecule has 1 N–H and O–H groups in total. The summed E-state index contributed by atoms with van der Waals surface area (Å²) in [4.78, 5) is 14.9. The summed E-state index contributed by atoms with van der Waals surface area (Å²) in [6.07, 6.45) is 3.51. The van der Waals surface area contributed by atoms with Gasteiger partial charge in [0.1, 0.15) is 6.10 Å². The fraction of sp³-hybridized carbons (Fsp3) is 0.688. The Hall–Kier alpha value is -0.620. The number of nitrogens with zero attached hydrogens (tertiary/aromatic N) is 1. The molecule has 3 heterocycles. The van der Waals surface area contributed by atoms with Crippen LogP contribution in [0.3, 0.4) is 0 Å². The number of rotatable bonds is 2. The van der Waals surface area contributed by atoms with Crippen molar-refractivity contribution in [2.24, 2.45) is 11.3 Å². The third-order valence-corrected chi connectivity index (χ3v) is 6.08. The highest BCUT2D eigenvalue weighted by atomic mass is 35.5. The van der Waals surface area contributed by atoms with E-state index >= 15 is 0 Å². The van der Waals surface area contributed by atoms with Gasteiger partial charge in [0.2, 0.25) is 5.91 Å². The first-order valence-electron chi connectivity index (χ1n) is 7.92. The zero-order valence-electron chi connectivity index (χ0n) is 12.6. The van der Waals surface area contributed by atoms with Crippen LogP contribution in [0.15, 0.2) is 16.8 Å². The molecule has 2 unspecified atom stereocenters. The molecule has 3 aliphatic rings. The van der Waals surface area contributed by atoms with E-state index in [1.165, 1.54) is 18.4 Å². The standard InChI is InChI=1S/C16H22N2O2S.ClH/c19-15(13-9-16(13)2-4-17-5-3-16)18-6-7-20-14(10-18)12-1-8-21-11-12;/h1,8,11,13-14,17H,2-7,9-10H2;1H. The predicted octanol–water partition coefficient (Wildman–Crippen LogP) is 2.46. The molecule has 1 aliphatic carbocycles. The quantitative estimate of drug-likeness (QED) is 0.897. The summed E-state index contributed by atoms with van der Waals surface area (Å²) in [6, 6.07) is 2.11. The van der Waals surface area contributed by atoms with Crippen LogP contribution in [0.5, 0.6) is 0 Å². The van der Waals surface area contributed by atoms with Gasteiger partial charge >= 0.3 is 0 Å². The summed E-state index contributed by atoms with van der Waals surface area (Å²) in [6.45, 7) is 4.28. The first kappa shape index (κ1) is 16.2. The van der Waals surface area contributed by atoms with Crippen LogP contribution in [0.25, 0.3) is 0 Å². The molecule has 22 heavy (non-hydrogen) atoms. The molecular weight excluding hydrogens is 320 g/mol. The maximum atomic E-state index is 12.8. The molecule has 1 aromatic heterocycles.